The average molecular weight is 363 g/mol. The smallest absolute Gasteiger partial charge is 0.328 e. The van der Waals surface area contributed by atoms with E-state index < -0.39 is 35.9 Å². The normalized spacial score (nSPS) is 12.6. The second kappa shape index (κ2) is 10.8. The van der Waals surface area contributed by atoms with Crippen molar-refractivity contribution in [3.8, 4) is 0 Å². The van der Waals surface area contributed by atoms with Crippen molar-refractivity contribution in [2.75, 3.05) is 7.11 Å². The Labute approximate surface area is 150 Å². The van der Waals surface area contributed by atoms with Crippen LogP contribution in [-0.2, 0) is 23.9 Å². The first kappa shape index (κ1) is 21.1. The molecule has 0 aliphatic heterocycles. The van der Waals surface area contributed by atoms with Gasteiger partial charge in [0, 0.05) is 25.9 Å². The number of rotatable bonds is 10. The van der Waals surface area contributed by atoms with Crippen LogP contribution in [0.4, 0.5) is 0 Å². The van der Waals surface area contributed by atoms with Crippen molar-refractivity contribution < 1.29 is 28.6 Å². The van der Waals surface area contributed by atoms with Gasteiger partial charge >= 0.3 is 12.2 Å². The molecule has 0 aliphatic carbocycles. The van der Waals surface area contributed by atoms with E-state index in [1.165, 1.54) is 19.5 Å². The van der Waals surface area contributed by atoms with Gasteiger partial charge < -0.3 is 20.3 Å². The third-order valence-electron chi connectivity index (χ3n) is 3.13. The number of carbonyl (C=O) groups is 3. The summed E-state index contributed by atoms with van der Waals surface area (Å²) in [5.74, 6) is -1.70. The number of hydrogen-bond acceptors (Lipinski definition) is 7. The van der Waals surface area contributed by atoms with Gasteiger partial charge in [-0.3, -0.25) is 9.59 Å². The first-order chi connectivity index (χ1) is 12.4. The van der Waals surface area contributed by atoms with Crippen LogP contribution in [0.2, 0.25) is 0 Å². The van der Waals surface area contributed by atoms with Crippen LogP contribution in [0, 0.1) is 0 Å². The molecule has 0 aliphatic rings. The number of nitrogens with one attached hydrogen (secondary N) is 1. The number of aromatic nitrogens is 2. The Morgan fingerprint density at radius 2 is 1.96 bits per heavy atom. The molecule has 26 heavy (non-hydrogen) atoms. The molecule has 1 heterocycles. The summed E-state index contributed by atoms with van der Waals surface area (Å²) in [6, 6.07) is 0.507. The van der Waals surface area contributed by atoms with Gasteiger partial charge in [0.05, 0.1) is 6.10 Å². The van der Waals surface area contributed by atoms with Gasteiger partial charge in [-0.1, -0.05) is 0 Å². The maximum absolute atomic E-state index is 12.5. The van der Waals surface area contributed by atoms with E-state index >= 15 is 0 Å². The fraction of sp³-hybridized carbons (Fsp3) is 0.500. The Kier molecular flexibility index (Phi) is 8.76. The molecule has 0 spiro atoms. The lowest BCUT2D eigenvalue weighted by Gasteiger charge is -2.21. The lowest BCUT2D eigenvalue weighted by atomic mass is 10.1. The number of amides is 1. The highest BCUT2D eigenvalue weighted by Crippen LogP contribution is 2.13. The number of ether oxygens (including phenoxy) is 2. The van der Waals surface area contributed by atoms with Gasteiger partial charge in [-0.15, -0.1) is 0 Å². The highest BCUT2D eigenvalue weighted by Gasteiger charge is 2.29. The molecule has 10 nitrogen and oxygen atoms in total. The van der Waals surface area contributed by atoms with E-state index in [0.29, 0.717) is 0 Å². The van der Waals surface area contributed by atoms with E-state index in [1.54, 1.807) is 19.9 Å². The predicted molar refractivity (Wildman–Crippen MR) is 88.9 cm³/mol. The third kappa shape index (κ3) is 6.88. The highest BCUT2D eigenvalue weighted by molar-refractivity contribution is 6.25. The van der Waals surface area contributed by atoms with Crippen LogP contribution < -0.4 is 5.32 Å². The zero-order chi connectivity index (χ0) is 19.5. The van der Waals surface area contributed by atoms with E-state index in [4.69, 9.17) is 15.0 Å². The average Bonchev–Trinajstić information content (AvgIpc) is 2.59. The van der Waals surface area contributed by atoms with Crippen molar-refractivity contribution in [3.63, 3.8) is 0 Å². The van der Waals surface area contributed by atoms with Crippen molar-refractivity contribution in [3.05, 3.63) is 29.8 Å². The van der Waals surface area contributed by atoms with E-state index in [9.17, 15) is 14.4 Å². The highest BCUT2D eigenvalue weighted by atomic mass is 16.5. The van der Waals surface area contributed by atoms with Crippen molar-refractivity contribution in [2.24, 2.45) is 0 Å². The quantitative estimate of drug-likeness (QED) is 0.271. The molecule has 0 radical (unpaired) electrons. The SMILES string of the molecule is CO[C@H](C(=O)N[C@@H](CCC(=O)C=[N+]=[N-])C(=O)OC(C)C)c1ncccn1. The maximum Gasteiger partial charge on any atom is 0.328 e. The largest absolute Gasteiger partial charge is 0.461 e. The van der Waals surface area contributed by atoms with Crippen LogP contribution in [0.5, 0.6) is 0 Å². The Hall–Kier alpha value is -2.97. The molecular formula is C16H21N5O5. The second-order valence-electron chi connectivity index (χ2n) is 5.52. The molecule has 0 fully saturated rings. The number of ketones is 1. The second-order valence-corrected chi connectivity index (χ2v) is 5.52. The third-order valence-corrected chi connectivity index (χ3v) is 3.13. The van der Waals surface area contributed by atoms with Gasteiger partial charge in [-0.2, -0.15) is 4.79 Å². The number of hydrogen-bond donors (Lipinski definition) is 1. The molecule has 1 N–H and O–H groups in total. The topological polar surface area (TPSA) is 144 Å². The lowest BCUT2D eigenvalue weighted by molar-refractivity contribution is -0.153. The van der Waals surface area contributed by atoms with Gasteiger partial charge in [0.15, 0.2) is 11.9 Å². The number of Topliss-reactive ketones (excluding diaryl/α,β-unsaturated/α-hetero) is 1. The fourth-order valence-corrected chi connectivity index (χ4v) is 2.00. The zero-order valence-electron chi connectivity index (χ0n) is 14.8. The van der Waals surface area contributed by atoms with Crippen LogP contribution in [0.15, 0.2) is 18.5 Å². The van der Waals surface area contributed by atoms with Gasteiger partial charge in [0.25, 0.3) is 5.91 Å². The molecule has 0 aromatic carbocycles. The Balaban J connectivity index is 2.87. The summed E-state index contributed by atoms with van der Waals surface area (Å²) in [4.78, 5) is 46.7. The monoisotopic (exact) mass is 363 g/mol. The summed E-state index contributed by atoms with van der Waals surface area (Å²) < 4.78 is 10.2. The Morgan fingerprint density at radius 1 is 1.31 bits per heavy atom. The molecule has 0 saturated carbocycles. The van der Waals surface area contributed by atoms with E-state index in [1.807, 2.05) is 0 Å². The van der Waals surface area contributed by atoms with Gasteiger partial charge in [-0.05, 0) is 26.3 Å². The van der Waals surface area contributed by atoms with Gasteiger partial charge in [0.1, 0.15) is 6.04 Å². The summed E-state index contributed by atoms with van der Waals surface area (Å²) in [5.41, 5.74) is 8.36. The molecule has 1 rings (SSSR count). The molecule has 10 heteroatoms. The molecule has 1 aromatic rings. The van der Waals surface area contributed by atoms with Crippen LogP contribution in [0.1, 0.15) is 38.6 Å². The fourth-order valence-electron chi connectivity index (χ4n) is 2.00. The lowest BCUT2D eigenvalue weighted by Crippen LogP contribution is -2.45. The van der Waals surface area contributed by atoms with Crippen molar-refractivity contribution in [2.45, 2.75) is 44.9 Å². The molecule has 0 saturated heterocycles. The maximum atomic E-state index is 12.5. The Morgan fingerprint density at radius 3 is 2.50 bits per heavy atom. The van der Waals surface area contributed by atoms with Crippen LogP contribution in [0.3, 0.4) is 0 Å². The number of methoxy groups -OCH3 is 1. The summed E-state index contributed by atoms with van der Waals surface area (Å²) in [5, 5.41) is 2.49. The summed E-state index contributed by atoms with van der Waals surface area (Å²) in [7, 11) is 1.31. The number of carbonyl (C=O) groups excluding carboxylic acids is 3. The summed E-state index contributed by atoms with van der Waals surface area (Å²) in [6.07, 6.45) is 1.96. The van der Waals surface area contributed by atoms with Crippen LogP contribution >= 0.6 is 0 Å². The van der Waals surface area contributed by atoms with Gasteiger partial charge in [-0.25, -0.2) is 14.8 Å². The Bertz CT molecular complexity index is 673. The van der Waals surface area contributed by atoms with Crippen molar-refractivity contribution >= 4 is 23.9 Å². The summed E-state index contributed by atoms with van der Waals surface area (Å²) in [6.45, 7) is 3.33. The molecule has 0 unspecified atom stereocenters. The number of nitrogens with zero attached hydrogens (tertiary/aromatic N) is 4. The van der Waals surface area contributed by atoms with E-state index in [0.717, 1.165) is 6.21 Å². The van der Waals surface area contributed by atoms with Crippen LogP contribution in [-0.4, -0.2) is 57.9 Å². The molecule has 2 atom stereocenters. The summed E-state index contributed by atoms with van der Waals surface area (Å²) >= 11 is 0. The standard InChI is InChI=1S/C16H21N5O5/c1-10(2)26-16(24)12(6-5-11(22)9-20-17)21-15(23)13(25-3)14-18-7-4-8-19-14/h4,7-10,12-13H,5-6H2,1-3H3,(H,21,23)/t12-,13-/m0/s1. The number of esters is 1. The first-order valence-electron chi connectivity index (χ1n) is 7.89. The predicted octanol–water partition coefficient (Wildman–Crippen LogP) is 0.250. The molecule has 0 bridgehead atoms. The van der Waals surface area contributed by atoms with E-state index in [-0.39, 0.29) is 18.7 Å². The first-order valence-corrected chi connectivity index (χ1v) is 7.89. The van der Waals surface area contributed by atoms with E-state index in [2.05, 4.69) is 20.1 Å². The molecular weight excluding hydrogens is 342 g/mol. The van der Waals surface area contributed by atoms with Crippen molar-refractivity contribution in [1.29, 1.82) is 0 Å². The minimum atomic E-state index is -1.12. The molecule has 1 aromatic heterocycles. The minimum absolute atomic E-state index is 0.0335. The molecule has 140 valence electrons. The zero-order valence-corrected chi connectivity index (χ0v) is 14.8. The van der Waals surface area contributed by atoms with Crippen molar-refractivity contribution in [1.82, 2.24) is 15.3 Å². The van der Waals surface area contributed by atoms with Crippen LogP contribution in [0.25, 0.3) is 5.53 Å². The van der Waals surface area contributed by atoms with Gasteiger partial charge in [0.2, 0.25) is 5.78 Å². The molecule has 1 amide bonds. The minimum Gasteiger partial charge on any atom is -0.461 e.